The van der Waals surface area contributed by atoms with Crippen LogP contribution in [0.1, 0.15) is 18.4 Å². The van der Waals surface area contributed by atoms with Crippen LogP contribution in [0.5, 0.6) is 0 Å². The molecule has 0 aromatic heterocycles. The number of nitrogens with zero attached hydrogens (tertiary/aromatic N) is 1. The zero-order chi connectivity index (χ0) is 15.0. The second-order valence-corrected chi connectivity index (χ2v) is 7.10. The van der Waals surface area contributed by atoms with Crippen LogP contribution in [0.3, 0.4) is 0 Å². The maximum Gasteiger partial charge on any atom is 0.327 e. The summed E-state index contributed by atoms with van der Waals surface area (Å²) in [4.78, 5) is 25.8. The van der Waals surface area contributed by atoms with Crippen LogP contribution in [0.25, 0.3) is 0 Å². The minimum atomic E-state index is -0.914. The Kier molecular flexibility index (Phi) is 3.88. The molecule has 2 aliphatic rings. The molecule has 0 radical (unpaired) electrons. The molecule has 0 spiro atoms. The van der Waals surface area contributed by atoms with Crippen molar-refractivity contribution in [3.63, 3.8) is 0 Å². The van der Waals surface area contributed by atoms with Crippen LogP contribution in [0.4, 0.5) is 0 Å². The van der Waals surface area contributed by atoms with E-state index in [1.165, 1.54) is 0 Å². The third-order valence-corrected chi connectivity index (χ3v) is 5.51. The summed E-state index contributed by atoms with van der Waals surface area (Å²) >= 11 is 7.49. The molecule has 1 atom stereocenters. The summed E-state index contributed by atoms with van der Waals surface area (Å²) in [5.74, 6) is 0.309. The van der Waals surface area contributed by atoms with Crippen molar-refractivity contribution in [2.45, 2.75) is 24.3 Å². The number of carbonyl (C=O) groups is 2. The van der Waals surface area contributed by atoms with Crippen molar-refractivity contribution >= 4 is 35.2 Å². The minimum Gasteiger partial charge on any atom is -0.480 e. The van der Waals surface area contributed by atoms with E-state index in [1.807, 2.05) is 12.1 Å². The van der Waals surface area contributed by atoms with Crippen molar-refractivity contribution in [2.75, 3.05) is 18.1 Å². The Balaban J connectivity index is 1.86. The standard InChI is InChI=1S/C15H16ClNO3S/c16-11-3-1-10(2-4-11)15(5-6-15)14(20)17-7-8-21-9-12(17)13(18)19/h1-4,12H,5-9H2,(H,18,19). The van der Waals surface area contributed by atoms with E-state index in [2.05, 4.69) is 0 Å². The summed E-state index contributed by atoms with van der Waals surface area (Å²) < 4.78 is 0. The molecule has 1 heterocycles. The van der Waals surface area contributed by atoms with E-state index < -0.39 is 17.4 Å². The number of amides is 1. The lowest BCUT2D eigenvalue weighted by atomic mass is 9.93. The summed E-state index contributed by atoms with van der Waals surface area (Å²) in [5, 5.41) is 9.96. The van der Waals surface area contributed by atoms with Crippen LogP contribution in [0, 0.1) is 0 Å². The molecule has 1 amide bonds. The molecule has 21 heavy (non-hydrogen) atoms. The Morgan fingerprint density at radius 1 is 1.29 bits per heavy atom. The molecule has 1 saturated carbocycles. The predicted molar refractivity (Wildman–Crippen MR) is 82.8 cm³/mol. The third-order valence-electron chi connectivity index (χ3n) is 4.23. The summed E-state index contributed by atoms with van der Waals surface area (Å²) in [6, 6.07) is 6.61. The number of hydrogen-bond donors (Lipinski definition) is 1. The number of carboxylic acids is 1. The van der Waals surface area contributed by atoms with Crippen molar-refractivity contribution in [3.05, 3.63) is 34.9 Å². The lowest BCUT2D eigenvalue weighted by Gasteiger charge is -2.35. The third kappa shape index (κ3) is 2.64. The molecule has 2 fully saturated rings. The topological polar surface area (TPSA) is 57.6 Å². The zero-order valence-corrected chi connectivity index (χ0v) is 13.0. The van der Waals surface area contributed by atoms with Crippen molar-refractivity contribution in [3.8, 4) is 0 Å². The fourth-order valence-corrected chi connectivity index (χ4v) is 4.01. The molecule has 3 rings (SSSR count). The van der Waals surface area contributed by atoms with Gasteiger partial charge in [0.25, 0.3) is 0 Å². The van der Waals surface area contributed by atoms with Gasteiger partial charge in [0.2, 0.25) is 5.91 Å². The van der Waals surface area contributed by atoms with E-state index in [0.29, 0.717) is 17.3 Å². The van der Waals surface area contributed by atoms with Gasteiger partial charge in [-0.05, 0) is 30.5 Å². The molecule has 1 aromatic carbocycles. The molecule has 1 aliphatic heterocycles. The molecule has 1 unspecified atom stereocenters. The van der Waals surface area contributed by atoms with Crippen LogP contribution in [-0.4, -0.2) is 46.0 Å². The van der Waals surface area contributed by atoms with Gasteiger partial charge in [0.05, 0.1) is 5.41 Å². The highest BCUT2D eigenvalue weighted by molar-refractivity contribution is 7.99. The van der Waals surface area contributed by atoms with Crippen LogP contribution in [0.15, 0.2) is 24.3 Å². The monoisotopic (exact) mass is 325 g/mol. The van der Waals surface area contributed by atoms with Gasteiger partial charge in [-0.15, -0.1) is 0 Å². The van der Waals surface area contributed by atoms with E-state index >= 15 is 0 Å². The van der Waals surface area contributed by atoms with E-state index in [0.717, 1.165) is 24.2 Å². The van der Waals surface area contributed by atoms with Crippen molar-refractivity contribution in [1.82, 2.24) is 4.90 Å². The number of halogens is 1. The SMILES string of the molecule is O=C(O)C1CSCCN1C(=O)C1(c2ccc(Cl)cc2)CC1. The lowest BCUT2D eigenvalue weighted by molar-refractivity contribution is -0.150. The van der Waals surface area contributed by atoms with Gasteiger partial charge in [0.1, 0.15) is 6.04 Å². The highest BCUT2D eigenvalue weighted by Crippen LogP contribution is 2.50. The molecule has 0 bridgehead atoms. The molecule has 6 heteroatoms. The maximum absolute atomic E-state index is 12.9. The van der Waals surface area contributed by atoms with Gasteiger partial charge < -0.3 is 10.0 Å². The zero-order valence-electron chi connectivity index (χ0n) is 11.4. The number of benzene rings is 1. The number of carboxylic acid groups (broad SMARTS) is 1. The molecular weight excluding hydrogens is 310 g/mol. The molecule has 1 N–H and O–H groups in total. The molecular formula is C15H16ClNO3S. The molecule has 1 saturated heterocycles. The van der Waals surface area contributed by atoms with Crippen molar-refractivity contribution in [2.24, 2.45) is 0 Å². The highest BCUT2D eigenvalue weighted by atomic mass is 35.5. The lowest BCUT2D eigenvalue weighted by Crippen LogP contribution is -2.53. The Labute approximate surface area is 132 Å². The van der Waals surface area contributed by atoms with Gasteiger partial charge in [-0.2, -0.15) is 11.8 Å². The Bertz CT molecular complexity index is 571. The smallest absolute Gasteiger partial charge is 0.327 e. The maximum atomic E-state index is 12.9. The van der Waals surface area contributed by atoms with Crippen LogP contribution < -0.4 is 0 Å². The van der Waals surface area contributed by atoms with E-state index in [1.54, 1.807) is 28.8 Å². The Hall–Kier alpha value is -1.20. The summed E-state index contributed by atoms with van der Waals surface area (Å²) in [5.41, 5.74) is 0.416. The number of thioether (sulfide) groups is 1. The molecule has 1 aliphatic carbocycles. The van der Waals surface area contributed by atoms with Gasteiger partial charge in [-0.25, -0.2) is 4.79 Å². The predicted octanol–water partition coefficient (Wildman–Crippen LogP) is 2.40. The fraction of sp³-hybridized carbons (Fsp3) is 0.467. The first-order valence-corrected chi connectivity index (χ1v) is 8.45. The summed E-state index contributed by atoms with van der Waals surface area (Å²) in [7, 11) is 0. The average Bonchev–Trinajstić information content (AvgIpc) is 3.29. The van der Waals surface area contributed by atoms with Gasteiger partial charge in [-0.3, -0.25) is 4.79 Å². The number of rotatable bonds is 3. The minimum absolute atomic E-state index is 0.0440. The molecule has 1 aromatic rings. The summed E-state index contributed by atoms with van der Waals surface area (Å²) in [6.07, 6.45) is 1.56. The van der Waals surface area contributed by atoms with Gasteiger partial charge >= 0.3 is 5.97 Å². The Morgan fingerprint density at radius 3 is 2.52 bits per heavy atom. The van der Waals surface area contributed by atoms with Crippen LogP contribution in [-0.2, 0) is 15.0 Å². The first kappa shape index (κ1) is 14.7. The average molecular weight is 326 g/mol. The van der Waals surface area contributed by atoms with Crippen molar-refractivity contribution < 1.29 is 14.7 Å². The molecule has 112 valence electrons. The largest absolute Gasteiger partial charge is 0.480 e. The van der Waals surface area contributed by atoms with Gasteiger partial charge in [0, 0.05) is 23.1 Å². The van der Waals surface area contributed by atoms with E-state index in [-0.39, 0.29) is 5.91 Å². The molecule has 4 nitrogen and oxygen atoms in total. The normalized spacial score (nSPS) is 23.7. The summed E-state index contributed by atoms with van der Waals surface area (Å²) in [6.45, 7) is 0.510. The van der Waals surface area contributed by atoms with Crippen molar-refractivity contribution in [1.29, 1.82) is 0 Å². The first-order chi connectivity index (χ1) is 10.0. The fourth-order valence-electron chi connectivity index (χ4n) is 2.85. The second-order valence-electron chi connectivity index (χ2n) is 5.52. The van der Waals surface area contributed by atoms with E-state index in [4.69, 9.17) is 11.6 Å². The van der Waals surface area contributed by atoms with Gasteiger partial charge in [0.15, 0.2) is 0 Å². The second kappa shape index (κ2) is 5.54. The number of aliphatic carboxylic acids is 1. The Morgan fingerprint density at radius 2 is 1.95 bits per heavy atom. The first-order valence-electron chi connectivity index (χ1n) is 6.92. The number of hydrogen-bond acceptors (Lipinski definition) is 3. The van der Waals surface area contributed by atoms with E-state index in [9.17, 15) is 14.7 Å². The van der Waals surface area contributed by atoms with Gasteiger partial charge in [-0.1, -0.05) is 23.7 Å². The van der Waals surface area contributed by atoms with Crippen LogP contribution >= 0.6 is 23.4 Å². The van der Waals surface area contributed by atoms with Crippen LogP contribution in [0.2, 0.25) is 5.02 Å². The quantitative estimate of drug-likeness (QED) is 0.927. The highest BCUT2D eigenvalue weighted by Gasteiger charge is 2.54. The number of carbonyl (C=O) groups excluding carboxylic acids is 1.